The van der Waals surface area contributed by atoms with Crippen LogP contribution in [0.25, 0.3) is 11.0 Å². The van der Waals surface area contributed by atoms with Gasteiger partial charge in [-0.2, -0.15) is 0 Å². The van der Waals surface area contributed by atoms with Crippen LogP contribution in [0.15, 0.2) is 28.9 Å². The zero-order valence-electron chi connectivity index (χ0n) is 15.9. The second-order valence-electron chi connectivity index (χ2n) is 7.94. The summed E-state index contributed by atoms with van der Waals surface area (Å²) in [7, 11) is 0. The normalized spacial score (nSPS) is 22.5. The molecule has 1 aliphatic heterocycles. The first-order valence-electron chi connectivity index (χ1n) is 10.0. The Hall–Kier alpha value is -2.30. The number of piperidine rings is 1. The van der Waals surface area contributed by atoms with E-state index in [1.54, 1.807) is 6.26 Å². The molecule has 2 heterocycles. The molecule has 1 saturated heterocycles. The quantitative estimate of drug-likeness (QED) is 0.764. The maximum Gasteiger partial charge on any atom is 0.310 e. The third kappa shape index (κ3) is 3.87. The van der Waals surface area contributed by atoms with Gasteiger partial charge in [-0.25, -0.2) is 0 Å². The molecule has 1 amide bonds. The third-order valence-corrected chi connectivity index (χ3v) is 6.07. The van der Waals surface area contributed by atoms with Crippen molar-refractivity contribution in [2.75, 3.05) is 13.2 Å². The lowest BCUT2D eigenvalue weighted by molar-refractivity contribution is -0.154. The van der Waals surface area contributed by atoms with E-state index >= 15 is 0 Å². The van der Waals surface area contributed by atoms with Crippen molar-refractivity contribution in [2.24, 2.45) is 5.92 Å². The highest BCUT2D eigenvalue weighted by Crippen LogP contribution is 2.35. The Morgan fingerprint density at radius 1 is 1.19 bits per heavy atom. The molecule has 2 aromatic rings. The van der Waals surface area contributed by atoms with E-state index in [2.05, 4.69) is 0 Å². The molecule has 27 heavy (non-hydrogen) atoms. The molecule has 2 atom stereocenters. The molecular weight excluding hydrogens is 342 g/mol. The van der Waals surface area contributed by atoms with Crippen molar-refractivity contribution < 1.29 is 18.7 Å². The number of ether oxygens (including phenoxy) is 1. The molecule has 0 N–H and O–H groups in total. The Kier molecular flexibility index (Phi) is 5.19. The minimum absolute atomic E-state index is 0.0485. The number of likely N-dealkylation sites (tertiary alicyclic amines) is 1. The first-order valence-corrected chi connectivity index (χ1v) is 10.0. The van der Waals surface area contributed by atoms with Crippen molar-refractivity contribution in [1.29, 1.82) is 0 Å². The fourth-order valence-electron chi connectivity index (χ4n) is 4.69. The number of carbonyl (C=O) groups is 2. The topological polar surface area (TPSA) is 59.8 Å². The smallest absolute Gasteiger partial charge is 0.310 e. The molecule has 1 saturated carbocycles. The zero-order chi connectivity index (χ0) is 18.8. The maximum absolute atomic E-state index is 12.6. The van der Waals surface area contributed by atoms with Crippen LogP contribution in [0.3, 0.4) is 0 Å². The summed E-state index contributed by atoms with van der Waals surface area (Å²) in [5, 5.41) is 0.921. The van der Waals surface area contributed by atoms with Gasteiger partial charge in [-0.15, -0.1) is 0 Å². The number of rotatable bonds is 4. The van der Waals surface area contributed by atoms with Crippen molar-refractivity contribution in [3.8, 4) is 0 Å². The molecule has 144 valence electrons. The number of nitrogens with zero attached hydrogens (tertiary/aromatic N) is 1. The van der Waals surface area contributed by atoms with Gasteiger partial charge in [0.05, 0.1) is 12.7 Å². The molecule has 2 fully saturated rings. The fourth-order valence-corrected chi connectivity index (χ4v) is 4.69. The van der Waals surface area contributed by atoms with Gasteiger partial charge in [-0.05, 0) is 50.2 Å². The predicted molar refractivity (Wildman–Crippen MR) is 102 cm³/mol. The minimum Gasteiger partial charge on any atom is -0.464 e. The molecule has 5 nitrogen and oxygen atoms in total. The fraction of sp³-hybridized carbons (Fsp3) is 0.545. The number of benzene rings is 1. The van der Waals surface area contributed by atoms with Crippen LogP contribution < -0.4 is 0 Å². The monoisotopic (exact) mass is 369 g/mol. The summed E-state index contributed by atoms with van der Waals surface area (Å²) in [6.45, 7) is 2.64. The van der Waals surface area contributed by atoms with Crippen LogP contribution in [0, 0.1) is 12.8 Å². The zero-order valence-corrected chi connectivity index (χ0v) is 15.9. The van der Waals surface area contributed by atoms with E-state index in [9.17, 15) is 9.59 Å². The predicted octanol–water partition coefficient (Wildman–Crippen LogP) is 4.01. The summed E-state index contributed by atoms with van der Waals surface area (Å²) in [5.41, 5.74) is 2.68. The highest BCUT2D eigenvalue weighted by Gasteiger charge is 2.35. The number of furan rings is 1. The van der Waals surface area contributed by atoms with Crippen LogP contribution in [0.5, 0.6) is 0 Å². The van der Waals surface area contributed by atoms with Gasteiger partial charge in [-0.1, -0.05) is 25.0 Å². The molecule has 1 aliphatic carbocycles. The summed E-state index contributed by atoms with van der Waals surface area (Å²) in [6, 6.07) is 6.25. The molecule has 4 rings (SSSR count). The Morgan fingerprint density at radius 2 is 2.00 bits per heavy atom. The van der Waals surface area contributed by atoms with Gasteiger partial charge in [0.2, 0.25) is 0 Å². The summed E-state index contributed by atoms with van der Waals surface area (Å²) in [6.07, 6.45) is 8.78. The van der Waals surface area contributed by atoms with Gasteiger partial charge in [0.25, 0.3) is 5.91 Å². The van der Waals surface area contributed by atoms with Crippen LogP contribution in [0.4, 0.5) is 0 Å². The lowest BCUT2D eigenvalue weighted by Gasteiger charge is -2.44. The van der Waals surface area contributed by atoms with Gasteiger partial charge >= 0.3 is 5.97 Å². The molecule has 0 radical (unpaired) electrons. The summed E-state index contributed by atoms with van der Waals surface area (Å²) < 4.78 is 10.8. The average Bonchev–Trinajstić information content (AvgIpc) is 3.07. The van der Waals surface area contributed by atoms with Crippen molar-refractivity contribution >= 4 is 22.8 Å². The van der Waals surface area contributed by atoms with E-state index in [1.165, 1.54) is 25.7 Å². The van der Waals surface area contributed by atoms with Crippen LogP contribution in [0.2, 0.25) is 0 Å². The second-order valence-corrected chi connectivity index (χ2v) is 7.94. The van der Waals surface area contributed by atoms with E-state index in [4.69, 9.17) is 9.15 Å². The first kappa shape index (κ1) is 18.1. The largest absolute Gasteiger partial charge is 0.464 e. The standard InChI is InChI=1S/C22H27NO4/c1-15-8-9-18-17(13-26-20(18)11-15)12-22(25)27-14-21(24)23-10-4-6-16-5-2-3-7-19(16)23/h8-9,11,13,16,19H,2-7,10,12,14H2,1H3/t16-,19+/m1/s1. The molecule has 2 aliphatic rings. The Labute approximate surface area is 159 Å². The van der Waals surface area contributed by atoms with E-state index in [1.807, 2.05) is 30.0 Å². The number of amides is 1. The van der Waals surface area contributed by atoms with Gasteiger partial charge < -0.3 is 14.1 Å². The van der Waals surface area contributed by atoms with E-state index in [0.29, 0.717) is 12.0 Å². The molecule has 0 bridgehead atoms. The molecule has 0 spiro atoms. The van der Waals surface area contributed by atoms with E-state index in [-0.39, 0.29) is 24.9 Å². The summed E-state index contributed by atoms with van der Waals surface area (Å²) >= 11 is 0. The summed E-state index contributed by atoms with van der Waals surface area (Å²) in [4.78, 5) is 26.9. The Bertz CT molecular complexity index is 838. The SMILES string of the molecule is Cc1ccc2c(CC(=O)OCC(=O)N3CCC[C@H]4CCCC[C@@H]43)coc2c1. The molecule has 0 unspecified atom stereocenters. The number of esters is 1. The van der Waals surface area contributed by atoms with Crippen molar-refractivity contribution in [3.05, 3.63) is 35.6 Å². The van der Waals surface area contributed by atoms with Crippen molar-refractivity contribution in [2.45, 2.75) is 57.9 Å². The van der Waals surface area contributed by atoms with E-state index in [0.717, 1.165) is 41.5 Å². The highest BCUT2D eigenvalue weighted by atomic mass is 16.5. The molecule has 5 heteroatoms. The van der Waals surface area contributed by atoms with Crippen molar-refractivity contribution in [1.82, 2.24) is 4.90 Å². The van der Waals surface area contributed by atoms with Crippen LogP contribution in [0.1, 0.15) is 49.7 Å². The number of hydrogen-bond acceptors (Lipinski definition) is 4. The third-order valence-electron chi connectivity index (χ3n) is 6.07. The lowest BCUT2D eigenvalue weighted by atomic mass is 9.78. The molecule has 1 aromatic heterocycles. The molecular formula is C22H27NO4. The van der Waals surface area contributed by atoms with Crippen LogP contribution in [-0.4, -0.2) is 36.0 Å². The number of hydrogen-bond donors (Lipinski definition) is 0. The van der Waals surface area contributed by atoms with Crippen molar-refractivity contribution in [3.63, 3.8) is 0 Å². The highest BCUT2D eigenvalue weighted by molar-refractivity contribution is 5.87. The van der Waals surface area contributed by atoms with Crippen LogP contribution >= 0.6 is 0 Å². The van der Waals surface area contributed by atoms with E-state index < -0.39 is 0 Å². The molecule has 1 aromatic carbocycles. The number of carbonyl (C=O) groups excluding carboxylic acids is 2. The lowest BCUT2D eigenvalue weighted by Crippen LogP contribution is -2.50. The minimum atomic E-state index is -0.385. The Balaban J connectivity index is 1.33. The Morgan fingerprint density at radius 3 is 2.89 bits per heavy atom. The maximum atomic E-state index is 12.6. The van der Waals surface area contributed by atoms with Gasteiger partial charge in [-0.3, -0.25) is 9.59 Å². The number of aryl methyl sites for hydroxylation is 1. The number of fused-ring (bicyclic) bond motifs is 2. The van der Waals surface area contributed by atoms with Gasteiger partial charge in [0.15, 0.2) is 6.61 Å². The van der Waals surface area contributed by atoms with Gasteiger partial charge in [0, 0.05) is 23.5 Å². The first-order chi connectivity index (χ1) is 13.1. The average molecular weight is 369 g/mol. The van der Waals surface area contributed by atoms with Crippen LogP contribution in [-0.2, 0) is 20.7 Å². The van der Waals surface area contributed by atoms with Gasteiger partial charge in [0.1, 0.15) is 5.58 Å². The second kappa shape index (κ2) is 7.75. The summed E-state index contributed by atoms with van der Waals surface area (Å²) in [5.74, 6) is 0.198.